The number of carbonyl (C=O) groups is 1. The van der Waals surface area contributed by atoms with Crippen LogP contribution in [0.1, 0.15) is 10.4 Å². The maximum Gasteiger partial charge on any atom is 1.00 e. The Balaban J connectivity index is 0.00000169. The van der Waals surface area contributed by atoms with E-state index >= 15 is 0 Å². The maximum atomic E-state index is 10.3. The van der Waals surface area contributed by atoms with Crippen LogP contribution < -0.4 is 62.2 Å². The summed E-state index contributed by atoms with van der Waals surface area (Å²) in [5, 5.41) is 20.5. The predicted molar refractivity (Wildman–Crippen MR) is 39.6 cm³/mol. The summed E-state index contributed by atoms with van der Waals surface area (Å²) in [5.41, 5.74) is 4.22. The van der Waals surface area contributed by atoms with Gasteiger partial charge in [-0.1, -0.05) is 0 Å². The molecule has 0 unspecified atom stereocenters. The van der Waals surface area contributed by atoms with Crippen LogP contribution in [-0.4, -0.2) is 15.9 Å². The summed E-state index contributed by atoms with van der Waals surface area (Å²) < 4.78 is 0. The molecule has 0 spiro atoms. The Kier molecular flexibility index (Phi) is 5.16. The van der Waals surface area contributed by atoms with Crippen molar-refractivity contribution in [2.45, 2.75) is 0 Å². The molecule has 1 aromatic heterocycles. The van der Waals surface area contributed by atoms with Gasteiger partial charge in [0.25, 0.3) is 5.69 Å². The minimum atomic E-state index is -1.59. The molecule has 68 valence electrons. The Morgan fingerprint density at radius 1 is 1.57 bits per heavy atom. The molecular formula is C6H4KN3O4. The van der Waals surface area contributed by atoms with Gasteiger partial charge in [0.2, 0.25) is 0 Å². The van der Waals surface area contributed by atoms with E-state index in [1.165, 1.54) is 0 Å². The van der Waals surface area contributed by atoms with Crippen molar-refractivity contribution >= 4 is 17.5 Å². The van der Waals surface area contributed by atoms with Gasteiger partial charge in [0.1, 0.15) is 12.0 Å². The number of hydrogen-bond donors (Lipinski definition) is 1. The molecule has 1 aromatic rings. The average Bonchev–Trinajstić information content (AvgIpc) is 2.04. The molecule has 1 rings (SSSR count). The molecule has 8 heteroatoms. The number of nitrogen functional groups attached to an aromatic ring is 1. The first-order valence-electron chi connectivity index (χ1n) is 3.13. The van der Waals surface area contributed by atoms with Crippen molar-refractivity contribution in [3.8, 4) is 0 Å². The van der Waals surface area contributed by atoms with E-state index in [-0.39, 0.29) is 57.2 Å². The van der Waals surface area contributed by atoms with Crippen molar-refractivity contribution in [3.63, 3.8) is 0 Å². The molecule has 0 aliphatic carbocycles. The molecule has 0 aromatic carbocycles. The first kappa shape index (κ1) is 13.5. The van der Waals surface area contributed by atoms with Crippen LogP contribution >= 0.6 is 0 Å². The van der Waals surface area contributed by atoms with Crippen molar-refractivity contribution in [1.82, 2.24) is 4.98 Å². The number of nitrogens with two attached hydrogens (primary N) is 1. The van der Waals surface area contributed by atoms with Gasteiger partial charge < -0.3 is 15.6 Å². The molecule has 1 heterocycles. The van der Waals surface area contributed by atoms with Gasteiger partial charge in [0.15, 0.2) is 0 Å². The summed E-state index contributed by atoms with van der Waals surface area (Å²) in [4.78, 5) is 23.1. The van der Waals surface area contributed by atoms with E-state index in [2.05, 4.69) is 4.98 Å². The van der Waals surface area contributed by atoms with Crippen LogP contribution in [0.25, 0.3) is 0 Å². The third kappa shape index (κ3) is 2.99. The fraction of sp³-hybridized carbons (Fsp3) is 0. The van der Waals surface area contributed by atoms with Gasteiger partial charge in [-0.05, 0) is 0 Å². The molecule has 0 amide bonds. The van der Waals surface area contributed by atoms with E-state index < -0.39 is 22.1 Å². The predicted octanol–water partition coefficient (Wildman–Crippen LogP) is -4.06. The normalized spacial score (nSPS) is 8.86. The average molecular weight is 221 g/mol. The number of hydrogen-bond acceptors (Lipinski definition) is 6. The third-order valence-corrected chi connectivity index (χ3v) is 1.33. The number of rotatable bonds is 2. The fourth-order valence-corrected chi connectivity index (χ4v) is 0.728. The zero-order valence-corrected chi connectivity index (χ0v) is 10.4. The molecule has 0 fully saturated rings. The minimum Gasteiger partial charge on any atom is -0.545 e. The molecule has 0 atom stereocenters. The van der Waals surface area contributed by atoms with Crippen molar-refractivity contribution in [1.29, 1.82) is 0 Å². The summed E-state index contributed by atoms with van der Waals surface area (Å²) in [7, 11) is 0. The SMILES string of the molecule is Nc1ncc([N+](=O)[O-])cc1C(=O)[O-].[K+]. The third-order valence-electron chi connectivity index (χ3n) is 1.33. The van der Waals surface area contributed by atoms with E-state index in [9.17, 15) is 20.0 Å². The molecule has 0 saturated carbocycles. The Hall–Kier alpha value is -0.544. The van der Waals surface area contributed by atoms with Crippen LogP contribution in [0.15, 0.2) is 12.3 Å². The van der Waals surface area contributed by atoms with Crippen molar-refractivity contribution in [2.75, 3.05) is 5.73 Å². The topological polar surface area (TPSA) is 122 Å². The molecule has 0 radical (unpaired) electrons. The molecule has 14 heavy (non-hydrogen) atoms. The monoisotopic (exact) mass is 221 g/mol. The number of anilines is 1. The quantitative estimate of drug-likeness (QED) is 0.308. The summed E-state index contributed by atoms with van der Waals surface area (Å²) in [6.07, 6.45) is 0.877. The number of nitro groups is 1. The Morgan fingerprint density at radius 3 is 2.57 bits per heavy atom. The van der Waals surface area contributed by atoms with Crippen molar-refractivity contribution in [3.05, 3.63) is 27.9 Å². The first-order chi connectivity index (χ1) is 6.02. The van der Waals surface area contributed by atoms with Crippen LogP contribution in [-0.2, 0) is 0 Å². The summed E-state index contributed by atoms with van der Waals surface area (Å²) >= 11 is 0. The number of aromatic nitrogens is 1. The molecule has 0 aliphatic heterocycles. The number of carboxylic acids is 1. The molecule has 0 saturated heterocycles. The molecule has 7 nitrogen and oxygen atoms in total. The Labute approximate surface area is 121 Å². The van der Waals surface area contributed by atoms with Crippen molar-refractivity contribution < 1.29 is 66.2 Å². The second-order valence-electron chi connectivity index (χ2n) is 2.17. The van der Waals surface area contributed by atoms with E-state index in [1.54, 1.807) is 0 Å². The zero-order valence-electron chi connectivity index (χ0n) is 7.26. The summed E-state index contributed by atoms with van der Waals surface area (Å²) in [5.74, 6) is -1.89. The first-order valence-corrected chi connectivity index (χ1v) is 3.13. The number of pyridine rings is 1. The molecule has 0 aliphatic rings. The summed E-state index contributed by atoms with van der Waals surface area (Å²) in [6.45, 7) is 0. The fourth-order valence-electron chi connectivity index (χ4n) is 0.728. The van der Waals surface area contributed by atoms with Gasteiger partial charge in [-0.3, -0.25) is 10.1 Å². The Morgan fingerprint density at radius 2 is 2.14 bits per heavy atom. The Bertz CT molecular complexity index is 381. The second kappa shape index (κ2) is 5.37. The molecule has 0 bridgehead atoms. The van der Waals surface area contributed by atoms with E-state index in [4.69, 9.17) is 5.73 Å². The molecular weight excluding hydrogens is 217 g/mol. The number of aromatic carboxylic acids is 1. The van der Waals surface area contributed by atoms with Gasteiger partial charge in [-0.2, -0.15) is 0 Å². The van der Waals surface area contributed by atoms with Gasteiger partial charge in [0, 0.05) is 11.6 Å². The van der Waals surface area contributed by atoms with Crippen LogP contribution in [0.4, 0.5) is 11.5 Å². The van der Waals surface area contributed by atoms with Crippen LogP contribution in [0.2, 0.25) is 0 Å². The maximum absolute atomic E-state index is 10.3. The second-order valence-corrected chi connectivity index (χ2v) is 2.17. The van der Waals surface area contributed by atoms with Crippen molar-refractivity contribution in [2.24, 2.45) is 0 Å². The van der Waals surface area contributed by atoms with E-state index in [0.29, 0.717) is 0 Å². The van der Waals surface area contributed by atoms with Gasteiger partial charge >= 0.3 is 51.4 Å². The largest absolute Gasteiger partial charge is 1.00 e. The van der Waals surface area contributed by atoms with E-state index in [1.807, 2.05) is 0 Å². The van der Waals surface area contributed by atoms with E-state index in [0.717, 1.165) is 12.3 Å². The number of nitrogens with zero attached hydrogens (tertiary/aromatic N) is 2. The number of carboxylic acid groups (broad SMARTS) is 1. The van der Waals surface area contributed by atoms with Gasteiger partial charge in [-0.25, -0.2) is 4.98 Å². The number of carbonyl (C=O) groups excluding carboxylic acids is 1. The van der Waals surface area contributed by atoms with Crippen LogP contribution in [0.5, 0.6) is 0 Å². The zero-order chi connectivity index (χ0) is 10.0. The minimum absolute atomic E-state index is 0. The van der Waals surface area contributed by atoms with Crippen LogP contribution in [0, 0.1) is 10.1 Å². The van der Waals surface area contributed by atoms with Gasteiger partial charge in [0.05, 0.1) is 10.9 Å². The summed E-state index contributed by atoms with van der Waals surface area (Å²) in [6, 6.07) is 0.803. The van der Waals surface area contributed by atoms with Gasteiger partial charge in [-0.15, -0.1) is 0 Å². The standard InChI is InChI=1S/C6H5N3O4.K/c7-5-4(6(10)11)1-3(2-8-5)9(12)13;/h1-2H,(H2,7,8)(H,10,11);/q;+1/p-1. The van der Waals surface area contributed by atoms with Crippen LogP contribution in [0.3, 0.4) is 0 Å². The molecule has 2 N–H and O–H groups in total. The smallest absolute Gasteiger partial charge is 0.545 e.